The summed E-state index contributed by atoms with van der Waals surface area (Å²) in [5.41, 5.74) is 2.64. The lowest BCUT2D eigenvalue weighted by Gasteiger charge is -2.45. The van der Waals surface area contributed by atoms with Crippen LogP contribution in [-0.2, 0) is 14.3 Å². The SMILES string of the molecule is COC1CNC(Cl)CC1C1CC(C)NCC1C(=O)NC1NC2CN(C(=O)C3NN(C)C(C)C3F)CC2S1. The van der Waals surface area contributed by atoms with Gasteiger partial charge in [-0.05, 0) is 38.5 Å². The minimum absolute atomic E-state index is 0.0310. The molecule has 0 aromatic heterocycles. The highest BCUT2D eigenvalue weighted by Crippen LogP contribution is 2.38. The highest BCUT2D eigenvalue weighted by atomic mass is 35.5. The standard InChI is InChI=1S/C24H41ClFN7O3S/c1-11-5-13(14-6-19(25)28-8-17(14)36-4)15(7-27-11)22(34)30-24-29-16-9-33(10-18(16)37-24)23(35)21-20(26)12(2)32(3)31-21/h11-21,24,27-29,31H,5-10H2,1-4H3,(H,30,34). The molecule has 0 saturated carbocycles. The Morgan fingerprint density at radius 2 is 1.92 bits per heavy atom. The van der Waals surface area contributed by atoms with Gasteiger partial charge in [-0.25, -0.2) is 14.8 Å². The predicted molar refractivity (Wildman–Crippen MR) is 141 cm³/mol. The lowest BCUT2D eigenvalue weighted by atomic mass is 9.70. The van der Waals surface area contributed by atoms with Crippen LogP contribution in [0.1, 0.15) is 26.7 Å². The van der Waals surface area contributed by atoms with E-state index < -0.39 is 12.2 Å². The molecule has 12 unspecified atom stereocenters. The first-order valence-electron chi connectivity index (χ1n) is 13.4. The second kappa shape index (κ2) is 11.4. The molecule has 2 amide bonds. The maximum absolute atomic E-state index is 14.6. The molecule has 37 heavy (non-hydrogen) atoms. The van der Waals surface area contributed by atoms with E-state index >= 15 is 0 Å². The van der Waals surface area contributed by atoms with Crippen LogP contribution in [0.4, 0.5) is 4.39 Å². The topological polar surface area (TPSA) is 110 Å². The van der Waals surface area contributed by atoms with Crippen LogP contribution in [0.3, 0.4) is 0 Å². The summed E-state index contributed by atoms with van der Waals surface area (Å²) in [7, 11) is 3.49. The molecule has 0 aromatic carbocycles. The molecule has 0 bridgehead atoms. The van der Waals surface area contributed by atoms with E-state index in [0.29, 0.717) is 32.2 Å². The van der Waals surface area contributed by atoms with Crippen molar-refractivity contribution >= 4 is 35.2 Å². The van der Waals surface area contributed by atoms with Gasteiger partial charge in [-0.3, -0.25) is 20.2 Å². The molecule has 5 heterocycles. The number of hydrogen-bond donors (Lipinski definition) is 5. The minimum Gasteiger partial charge on any atom is -0.380 e. The Morgan fingerprint density at radius 1 is 1.14 bits per heavy atom. The fourth-order valence-electron chi connectivity index (χ4n) is 6.73. The average Bonchev–Trinajstić information content (AvgIpc) is 3.51. The summed E-state index contributed by atoms with van der Waals surface area (Å²) < 4.78 is 20.4. The Balaban J connectivity index is 1.17. The molecule has 10 nitrogen and oxygen atoms in total. The zero-order valence-corrected chi connectivity index (χ0v) is 23.5. The average molecular weight is 562 g/mol. The van der Waals surface area contributed by atoms with Crippen molar-refractivity contribution in [2.45, 2.75) is 79.4 Å². The van der Waals surface area contributed by atoms with Crippen molar-refractivity contribution in [3.05, 3.63) is 0 Å². The number of ether oxygens (including phenoxy) is 1. The fourth-order valence-corrected chi connectivity index (χ4v) is 8.44. The lowest BCUT2D eigenvalue weighted by molar-refractivity contribution is -0.134. The molecule has 0 aromatic rings. The van der Waals surface area contributed by atoms with Crippen LogP contribution in [0.25, 0.3) is 0 Å². The molecule has 5 rings (SSSR count). The van der Waals surface area contributed by atoms with Gasteiger partial charge < -0.3 is 20.3 Å². The van der Waals surface area contributed by atoms with Crippen LogP contribution in [0.15, 0.2) is 0 Å². The summed E-state index contributed by atoms with van der Waals surface area (Å²) in [5, 5.41) is 15.3. The minimum atomic E-state index is -1.24. The van der Waals surface area contributed by atoms with Gasteiger partial charge in [0, 0.05) is 57.7 Å². The van der Waals surface area contributed by atoms with E-state index in [9.17, 15) is 14.0 Å². The van der Waals surface area contributed by atoms with Crippen molar-refractivity contribution in [3.8, 4) is 0 Å². The molecule has 5 N–H and O–H groups in total. The van der Waals surface area contributed by atoms with Crippen LogP contribution in [-0.4, -0.2) is 115 Å². The monoisotopic (exact) mass is 561 g/mol. The number of likely N-dealkylation sites (tertiary alicyclic amines) is 1. The Labute approximate surface area is 227 Å². The first-order chi connectivity index (χ1) is 17.7. The maximum atomic E-state index is 14.6. The van der Waals surface area contributed by atoms with Crippen molar-refractivity contribution in [3.63, 3.8) is 0 Å². The van der Waals surface area contributed by atoms with Crippen molar-refractivity contribution in [1.29, 1.82) is 0 Å². The summed E-state index contributed by atoms with van der Waals surface area (Å²) in [4.78, 5) is 28.3. The number of hydrazine groups is 1. The first-order valence-corrected chi connectivity index (χ1v) is 14.8. The summed E-state index contributed by atoms with van der Waals surface area (Å²) in [5.74, 6) is 0.0580. The number of nitrogens with one attached hydrogen (secondary N) is 5. The molecular weight excluding hydrogens is 521 g/mol. The van der Waals surface area contributed by atoms with Gasteiger partial charge in [0.1, 0.15) is 17.7 Å². The zero-order chi connectivity index (χ0) is 26.4. The van der Waals surface area contributed by atoms with Crippen molar-refractivity contribution < 1.29 is 18.7 Å². The second-order valence-electron chi connectivity index (χ2n) is 11.3. The molecule has 5 aliphatic heterocycles. The van der Waals surface area contributed by atoms with Gasteiger partial charge in [-0.1, -0.05) is 0 Å². The molecular formula is C24H41ClFN7O3S. The largest absolute Gasteiger partial charge is 0.380 e. The summed E-state index contributed by atoms with van der Waals surface area (Å²) in [6.07, 6.45) is 0.467. The van der Waals surface area contributed by atoms with E-state index in [1.54, 1.807) is 42.8 Å². The number of piperidine rings is 2. The van der Waals surface area contributed by atoms with Gasteiger partial charge in [0.15, 0.2) is 0 Å². The lowest BCUT2D eigenvalue weighted by Crippen LogP contribution is -2.57. The van der Waals surface area contributed by atoms with E-state index in [0.717, 1.165) is 12.8 Å². The molecule has 210 valence electrons. The number of rotatable bonds is 5. The van der Waals surface area contributed by atoms with Gasteiger partial charge in [0.25, 0.3) is 0 Å². The number of amides is 2. The molecule has 0 aliphatic carbocycles. The van der Waals surface area contributed by atoms with Gasteiger partial charge in [-0.2, -0.15) is 0 Å². The van der Waals surface area contributed by atoms with Gasteiger partial charge in [0.2, 0.25) is 11.8 Å². The van der Waals surface area contributed by atoms with E-state index in [2.05, 4.69) is 33.6 Å². The number of nitrogens with zero attached hydrogens (tertiary/aromatic N) is 2. The van der Waals surface area contributed by atoms with Crippen LogP contribution in [0.2, 0.25) is 0 Å². The molecule has 0 spiro atoms. The van der Waals surface area contributed by atoms with Crippen LogP contribution >= 0.6 is 23.4 Å². The van der Waals surface area contributed by atoms with Crippen molar-refractivity contribution in [2.75, 3.05) is 40.3 Å². The Hall–Kier alpha value is -0.730. The fraction of sp³-hybridized carbons (Fsp3) is 0.917. The number of thioether (sulfide) groups is 1. The quantitative estimate of drug-likeness (QED) is 0.227. The number of fused-ring (bicyclic) bond motifs is 1. The first kappa shape index (κ1) is 27.8. The number of carbonyl (C=O) groups is 2. The third-order valence-electron chi connectivity index (χ3n) is 9.04. The normalized spacial score (nSPS) is 46.7. The molecule has 5 aliphatic rings. The summed E-state index contributed by atoms with van der Waals surface area (Å²) >= 11 is 8.10. The van der Waals surface area contributed by atoms with Crippen LogP contribution < -0.4 is 26.7 Å². The Kier molecular flexibility index (Phi) is 8.57. The second-order valence-corrected chi connectivity index (χ2v) is 13.2. The van der Waals surface area contributed by atoms with Crippen molar-refractivity contribution in [2.24, 2.45) is 17.8 Å². The Morgan fingerprint density at radius 3 is 2.59 bits per heavy atom. The summed E-state index contributed by atoms with van der Waals surface area (Å²) in [6, 6.07) is -0.786. The number of alkyl halides is 2. The highest BCUT2D eigenvalue weighted by Gasteiger charge is 2.49. The van der Waals surface area contributed by atoms with E-state index in [1.165, 1.54) is 0 Å². The van der Waals surface area contributed by atoms with E-state index in [-0.39, 0.29) is 64.0 Å². The van der Waals surface area contributed by atoms with E-state index in [4.69, 9.17) is 16.3 Å². The molecule has 5 saturated heterocycles. The highest BCUT2D eigenvalue weighted by molar-refractivity contribution is 8.00. The van der Waals surface area contributed by atoms with E-state index in [1.807, 2.05) is 0 Å². The maximum Gasteiger partial charge on any atom is 0.244 e. The zero-order valence-electron chi connectivity index (χ0n) is 22.0. The number of carbonyl (C=O) groups excluding carboxylic acids is 2. The molecule has 12 atom stereocenters. The Bertz CT molecular complexity index is 849. The van der Waals surface area contributed by atoms with Crippen LogP contribution in [0.5, 0.6) is 0 Å². The molecule has 5 fully saturated rings. The third kappa shape index (κ3) is 5.63. The smallest absolute Gasteiger partial charge is 0.244 e. The number of halogens is 2. The number of hydrogen-bond acceptors (Lipinski definition) is 9. The van der Waals surface area contributed by atoms with Gasteiger partial charge in [0.05, 0.1) is 23.6 Å². The van der Waals surface area contributed by atoms with Crippen molar-refractivity contribution in [1.82, 2.24) is 36.6 Å². The summed E-state index contributed by atoms with van der Waals surface area (Å²) in [6.45, 7) is 6.31. The van der Waals surface area contributed by atoms with Crippen LogP contribution in [0, 0.1) is 17.8 Å². The third-order valence-corrected chi connectivity index (χ3v) is 10.7. The number of methoxy groups -OCH3 is 1. The molecule has 0 radical (unpaired) electrons. The van der Waals surface area contributed by atoms with Gasteiger partial charge >= 0.3 is 0 Å². The predicted octanol–water partition coefficient (Wildman–Crippen LogP) is -0.349. The van der Waals surface area contributed by atoms with Gasteiger partial charge in [-0.15, -0.1) is 23.4 Å². The molecule has 13 heteroatoms.